The fourth-order valence-corrected chi connectivity index (χ4v) is 12.9. The van der Waals surface area contributed by atoms with E-state index < -0.39 is 24.2 Å². The summed E-state index contributed by atoms with van der Waals surface area (Å²) in [6.45, 7) is 22.9. The Kier molecular flexibility index (Phi) is 6.39. The quantitative estimate of drug-likeness (QED) is 0.512. The van der Waals surface area contributed by atoms with Crippen LogP contribution in [0.2, 0.25) is 63.5 Å². The summed E-state index contributed by atoms with van der Waals surface area (Å²) in [5.74, 6) is 0. The molecule has 0 fully saturated rings. The molecule has 0 amide bonds. The maximum absolute atomic E-state index is 4.00. The minimum absolute atomic E-state index is 0.982. The average Bonchev–Trinajstić information content (AvgIpc) is 2.25. The van der Waals surface area contributed by atoms with Crippen LogP contribution in [0.25, 0.3) is 0 Å². The molecule has 17 heavy (non-hydrogen) atoms. The fourth-order valence-electron chi connectivity index (χ4n) is 1.65. The lowest BCUT2D eigenvalue weighted by Gasteiger charge is -2.29. The van der Waals surface area contributed by atoms with Gasteiger partial charge >= 0.3 is 0 Å². The van der Waals surface area contributed by atoms with Crippen LogP contribution in [-0.2, 0) is 0 Å². The monoisotopic (exact) mass is 284 g/mol. The highest BCUT2D eigenvalue weighted by Gasteiger charge is 2.27. The zero-order chi connectivity index (χ0) is 13.7. The van der Waals surface area contributed by atoms with Gasteiger partial charge in [-0.25, -0.2) is 0 Å². The number of hydrogen-bond donors (Lipinski definition) is 0. The van der Waals surface area contributed by atoms with E-state index >= 15 is 0 Å². The molecule has 0 aliphatic carbocycles. The van der Waals surface area contributed by atoms with E-state index in [-0.39, 0.29) is 0 Å². The van der Waals surface area contributed by atoms with Crippen molar-refractivity contribution in [3.63, 3.8) is 0 Å². The molecule has 0 aromatic heterocycles. The van der Waals surface area contributed by atoms with Crippen LogP contribution < -0.4 is 0 Å². The van der Waals surface area contributed by atoms with Crippen molar-refractivity contribution < 1.29 is 0 Å². The average molecular weight is 285 g/mol. The molecule has 3 heteroatoms. The summed E-state index contributed by atoms with van der Waals surface area (Å²) in [6.07, 6.45) is 0. The molecule has 0 saturated carbocycles. The molecule has 0 rings (SSSR count). The zero-order valence-electron chi connectivity index (χ0n) is 12.9. The van der Waals surface area contributed by atoms with E-state index in [1.807, 2.05) is 0 Å². The lowest BCUT2D eigenvalue weighted by atomic mass is 10.9. The third kappa shape index (κ3) is 7.95. The Morgan fingerprint density at radius 3 is 1.18 bits per heavy atom. The lowest BCUT2D eigenvalue weighted by molar-refractivity contribution is 1.19. The Labute approximate surface area is 112 Å². The van der Waals surface area contributed by atoms with Crippen molar-refractivity contribution in [3.8, 4) is 0 Å². The van der Waals surface area contributed by atoms with E-state index in [0.29, 0.717) is 0 Å². The zero-order valence-corrected chi connectivity index (χ0v) is 15.9. The van der Waals surface area contributed by atoms with Crippen molar-refractivity contribution in [2.24, 2.45) is 0 Å². The van der Waals surface area contributed by atoms with Gasteiger partial charge in [-0.3, -0.25) is 0 Å². The SMILES string of the molecule is C=C[Si](C)(C)CC[Si](C)(C)CC[Si](C)(C)C=C. The van der Waals surface area contributed by atoms with E-state index in [4.69, 9.17) is 0 Å². The molecular weight excluding hydrogens is 252 g/mol. The van der Waals surface area contributed by atoms with E-state index in [1.165, 1.54) is 24.2 Å². The highest BCUT2D eigenvalue weighted by Crippen LogP contribution is 2.28. The first-order valence-electron chi connectivity index (χ1n) is 6.81. The molecule has 0 aromatic rings. The third-order valence-corrected chi connectivity index (χ3v) is 13.5. The first kappa shape index (κ1) is 17.1. The Bertz CT molecular complexity index is 239. The molecule has 0 aromatic carbocycles. The number of hydrogen-bond acceptors (Lipinski definition) is 0. The van der Waals surface area contributed by atoms with Crippen molar-refractivity contribution in [2.75, 3.05) is 0 Å². The van der Waals surface area contributed by atoms with Crippen molar-refractivity contribution in [2.45, 2.75) is 63.5 Å². The van der Waals surface area contributed by atoms with Gasteiger partial charge in [0, 0.05) is 8.07 Å². The van der Waals surface area contributed by atoms with Crippen molar-refractivity contribution in [1.82, 2.24) is 0 Å². The summed E-state index contributed by atoms with van der Waals surface area (Å²) < 4.78 is 0. The van der Waals surface area contributed by atoms with Crippen molar-refractivity contribution in [1.29, 1.82) is 0 Å². The highest BCUT2D eigenvalue weighted by molar-refractivity contribution is 6.87. The van der Waals surface area contributed by atoms with Gasteiger partial charge in [-0.05, 0) is 0 Å². The lowest BCUT2D eigenvalue weighted by Crippen LogP contribution is -2.33. The van der Waals surface area contributed by atoms with Gasteiger partial charge in [-0.1, -0.05) is 63.5 Å². The second kappa shape index (κ2) is 6.34. The normalized spacial score (nSPS) is 13.5. The van der Waals surface area contributed by atoms with Crippen LogP contribution >= 0.6 is 0 Å². The predicted octanol–water partition coefficient (Wildman–Crippen LogP) is 5.56. The first-order valence-corrected chi connectivity index (χ1v) is 16.8. The van der Waals surface area contributed by atoms with Gasteiger partial charge < -0.3 is 0 Å². The molecule has 0 atom stereocenters. The number of rotatable bonds is 8. The maximum atomic E-state index is 4.00. The smallest absolute Gasteiger partial charge is 0.0706 e. The molecule has 100 valence electrons. The molecule has 0 aliphatic rings. The highest BCUT2D eigenvalue weighted by atomic mass is 28.3. The topological polar surface area (TPSA) is 0 Å². The van der Waals surface area contributed by atoms with Gasteiger partial charge in [-0.2, -0.15) is 0 Å². The van der Waals surface area contributed by atoms with Crippen molar-refractivity contribution in [3.05, 3.63) is 24.6 Å². The van der Waals surface area contributed by atoms with Gasteiger partial charge in [0.15, 0.2) is 0 Å². The van der Waals surface area contributed by atoms with Gasteiger partial charge in [-0.15, -0.1) is 24.6 Å². The molecular formula is C14H32Si3. The summed E-state index contributed by atoms with van der Waals surface area (Å²) in [6, 6.07) is 5.84. The van der Waals surface area contributed by atoms with Crippen LogP contribution in [0.3, 0.4) is 0 Å². The molecule has 0 aliphatic heterocycles. The largest absolute Gasteiger partial charge is 0.107 e. The standard InChI is InChI=1S/C14H32Si3/c1-9-15(3,4)11-13-17(7,8)14-12-16(5,6)10-2/h9-10H,1-2,11-14H2,3-8H3. The molecule has 0 unspecified atom stereocenters. The Morgan fingerprint density at radius 2 is 0.941 bits per heavy atom. The van der Waals surface area contributed by atoms with E-state index in [2.05, 4.69) is 63.8 Å². The van der Waals surface area contributed by atoms with Crippen molar-refractivity contribution >= 4 is 24.2 Å². The van der Waals surface area contributed by atoms with Crippen LogP contribution in [0.15, 0.2) is 24.6 Å². The molecule has 0 saturated heterocycles. The Balaban J connectivity index is 4.21. The Morgan fingerprint density at radius 1 is 0.647 bits per heavy atom. The first-order chi connectivity index (χ1) is 7.54. The fraction of sp³-hybridized carbons (Fsp3) is 0.714. The van der Waals surface area contributed by atoms with Gasteiger partial charge in [0.1, 0.15) is 0 Å². The van der Waals surface area contributed by atoms with Gasteiger partial charge in [0.05, 0.1) is 16.1 Å². The molecule has 0 nitrogen and oxygen atoms in total. The summed E-state index contributed by atoms with van der Waals surface area (Å²) >= 11 is 0. The van der Waals surface area contributed by atoms with Crippen LogP contribution in [0.4, 0.5) is 0 Å². The van der Waals surface area contributed by atoms with Crippen LogP contribution in [0, 0.1) is 0 Å². The molecule has 0 bridgehead atoms. The maximum Gasteiger partial charge on any atom is 0.0706 e. The van der Waals surface area contributed by atoms with Crippen LogP contribution in [0.1, 0.15) is 0 Å². The minimum atomic E-state index is -1.08. The van der Waals surface area contributed by atoms with E-state index in [0.717, 1.165) is 0 Å². The molecule has 0 radical (unpaired) electrons. The van der Waals surface area contributed by atoms with Crippen LogP contribution in [0.5, 0.6) is 0 Å². The summed E-state index contributed by atoms with van der Waals surface area (Å²) in [7, 11) is -3.14. The Hall–Kier alpha value is 0.131. The summed E-state index contributed by atoms with van der Waals surface area (Å²) in [5.41, 5.74) is 4.50. The summed E-state index contributed by atoms with van der Waals surface area (Å²) in [5, 5.41) is 0. The second-order valence-electron chi connectivity index (χ2n) is 7.55. The van der Waals surface area contributed by atoms with E-state index in [1.54, 1.807) is 0 Å². The second-order valence-corrected chi connectivity index (χ2v) is 22.6. The van der Waals surface area contributed by atoms with Gasteiger partial charge in [0.25, 0.3) is 0 Å². The summed E-state index contributed by atoms with van der Waals surface area (Å²) in [4.78, 5) is 0. The molecule has 0 spiro atoms. The van der Waals surface area contributed by atoms with Crippen LogP contribution in [-0.4, -0.2) is 24.2 Å². The van der Waals surface area contributed by atoms with E-state index in [9.17, 15) is 0 Å². The third-order valence-electron chi connectivity index (χ3n) is 4.00. The predicted molar refractivity (Wildman–Crippen MR) is 92.1 cm³/mol. The minimum Gasteiger partial charge on any atom is -0.107 e. The van der Waals surface area contributed by atoms with Gasteiger partial charge in [0.2, 0.25) is 0 Å². The molecule has 0 N–H and O–H groups in total. The molecule has 0 heterocycles.